The van der Waals surface area contributed by atoms with Crippen molar-refractivity contribution in [3.05, 3.63) is 23.8 Å². The summed E-state index contributed by atoms with van der Waals surface area (Å²) in [4.78, 5) is 0. The normalized spacial score (nSPS) is 10.4. The van der Waals surface area contributed by atoms with Crippen molar-refractivity contribution < 1.29 is 13.5 Å². The Bertz CT molecular complexity index is 305. The molecule has 78 valence electrons. The second kappa shape index (κ2) is 4.76. The lowest BCUT2D eigenvalue weighted by atomic mass is 10.1. The Kier molecular flexibility index (Phi) is 3.64. The molecular weight excluding hydrogens is 190 g/mol. The number of nitrogens with two attached hydrogens (primary N) is 1. The van der Waals surface area contributed by atoms with Crippen molar-refractivity contribution >= 4 is 5.69 Å². The van der Waals surface area contributed by atoms with Crippen LogP contribution in [0.15, 0.2) is 18.2 Å². The minimum Gasteiger partial charge on any atom is -0.492 e. The molecule has 0 spiro atoms. The van der Waals surface area contributed by atoms with Gasteiger partial charge in [-0.3, -0.25) is 5.84 Å². The number of nitrogens with one attached hydrogen (secondary N) is 1. The molecule has 0 bridgehead atoms. The van der Waals surface area contributed by atoms with Gasteiger partial charge in [0, 0.05) is 5.56 Å². The van der Waals surface area contributed by atoms with Gasteiger partial charge >= 0.3 is 0 Å². The minimum absolute atomic E-state index is 0.143. The number of hydrogen-bond acceptors (Lipinski definition) is 3. The van der Waals surface area contributed by atoms with Crippen LogP contribution in [-0.2, 0) is 0 Å². The molecule has 0 radical (unpaired) electrons. The molecule has 0 fully saturated rings. The molecule has 0 saturated heterocycles. The lowest BCUT2D eigenvalue weighted by Gasteiger charge is -2.13. The molecule has 3 N–H and O–H groups in total. The molecule has 0 aliphatic heterocycles. The van der Waals surface area contributed by atoms with Crippen molar-refractivity contribution in [1.29, 1.82) is 0 Å². The van der Waals surface area contributed by atoms with Crippen LogP contribution in [0, 0.1) is 0 Å². The predicted molar refractivity (Wildman–Crippen MR) is 50.4 cm³/mol. The fourth-order valence-electron chi connectivity index (χ4n) is 1.16. The Morgan fingerprint density at radius 2 is 2.21 bits per heavy atom. The second-order valence-electron chi connectivity index (χ2n) is 2.60. The minimum atomic E-state index is -2.57. The smallest absolute Gasteiger partial charge is 0.266 e. The van der Waals surface area contributed by atoms with Crippen molar-refractivity contribution in [2.75, 3.05) is 12.0 Å². The molecular formula is C9H12F2N2O. The lowest BCUT2D eigenvalue weighted by Crippen LogP contribution is -2.11. The topological polar surface area (TPSA) is 47.3 Å². The highest BCUT2D eigenvalue weighted by Crippen LogP contribution is 2.33. The molecule has 0 aliphatic rings. The van der Waals surface area contributed by atoms with Gasteiger partial charge < -0.3 is 10.2 Å². The average molecular weight is 202 g/mol. The van der Waals surface area contributed by atoms with Crippen LogP contribution in [0.1, 0.15) is 18.9 Å². The third kappa shape index (κ3) is 2.11. The van der Waals surface area contributed by atoms with Gasteiger partial charge in [0.2, 0.25) is 0 Å². The van der Waals surface area contributed by atoms with Crippen LogP contribution in [0.5, 0.6) is 5.75 Å². The first-order chi connectivity index (χ1) is 6.70. The van der Waals surface area contributed by atoms with E-state index in [2.05, 4.69) is 5.43 Å². The summed E-state index contributed by atoms with van der Waals surface area (Å²) in [5, 5.41) is 0. The molecule has 1 aromatic carbocycles. The van der Waals surface area contributed by atoms with Crippen molar-refractivity contribution in [2.24, 2.45) is 5.84 Å². The molecule has 1 aromatic rings. The van der Waals surface area contributed by atoms with Crippen LogP contribution in [0.25, 0.3) is 0 Å². The summed E-state index contributed by atoms with van der Waals surface area (Å²) >= 11 is 0. The number of hydrogen-bond donors (Lipinski definition) is 2. The van der Waals surface area contributed by atoms with Gasteiger partial charge in [0.25, 0.3) is 6.43 Å². The molecule has 0 atom stereocenters. The van der Waals surface area contributed by atoms with Crippen LogP contribution in [0.4, 0.5) is 14.5 Å². The Labute approximate surface area is 80.8 Å². The van der Waals surface area contributed by atoms with Crippen molar-refractivity contribution in [2.45, 2.75) is 13.3 Å². The highest BCUT2D eigenvalue weighted by molar-refractivity contribution is 5.61. The van der Waals surface area contributed by atoms with Crippen molar-refractivity contribution in [3.8, 4) is 5.75 Å². The zero-order chi connectivity index (χ0) is 10.6. The van der Waals surface area contributed by atoms with Gasteiger partial charge in [-0.1, -0.05) is 12.1 Å². The van der Waals surface area contributed by atoms with E-state index in [1.54, 1.807) is 13.0 Å². The fraction of sp³-hybridized carbons (Fsp3) is 0.333. The molecule has 1 rings (SSSR count). The highest BCUT2D eigenvalue weighted by atomic mass is 19.3. The summed E-state index contributed by atoms with van der Waals surface area (Å²) in [6, 6.07) is 4.40. The van der Waals surface area contributed by atoms with Gasteiger partial charge in [0.1, 0.15) is 5.75 Å². The first kappa shape index (κ1) is 10.7. The second-order valence-corrected chi connectivity index (χ2v) is 2.60. The molecule has 0 aromatic heterocycles. The van der Waals surface area contributed by atoms with Crippen LogP contribution >= 0.6 is 0 Å². The number of hydrazine groups is 1. The standard InChI is InChI=1S/C9H12F2N2O/c1-2-14-7-5-3-4-6(9(10)11)8(7)13-12/h3-5,9,13H,2,12H2,1H3. The number of para-hydroxylation sites is 1. The van der Waals surface area contributed by atoms with E-state index in [4.69, 9.17) is 10.6 Å². The van der Waals surface area contributed by atoms with E-state index in [1.165, 1.54) is 12.1 Å². The van der Waals surface area contributed by atoms with E-state index in [0.717, 1.165) is 0 Å². The lowest BCUT2D eigenvalue weighted by molar-refractivity contribution is 0.151. The van der Waals surface area contributed by atoms with Gasteiger partial charge in [-0.05, 0) is 13.0 Å². The summed E-state index contributed by atoms with van der Waals surface area (Å²) in [5.41, 5.74) is 2.21. The zero-order valence-electron chi connectivity index (χ0n) is 7.76. The fourth-order valence-corrected chi connectivity index (χ4v) is 1.16. The number of anilines is 1. The Morgan fingerprint density at radius 3 is 2.71 bits per heavy atom. The van der Waals surface area contributed by atoms with Crippen molar-refractivity contribution in [1.82, 2.24) is 0 Å². The maximum Gasteiger partial charge on any atom is 0.266 e. The van der Waals surface area contributed by atoms with Gasteiger partial charge in [0.05, 0.1) is 12.3 Å². The molecule has 5 heteroatoms. The van der Waals surface area contributed by atoms with Crippen LogP contribution < -0.4 is 16.0 Å². The molecule has 0 aliphatic carbocycles. The Morgan fingerprint density at radius 1 is 1.50 bits per heavy atom. The molecule has 0 saturated carbocycles. The molecule has 14 heavy (non-hydrogen) atoms. The number of benzene rings is 1. The van der Waals surface area contributed by atoms with E-state index in [9.17, 15) is 8.78 Å². The van der Waals surface area contributed by atoms with Crippen LogP contribution in [0.3, 0.4) is 0 Å². The van der Waals surface area contributed by atoms with Gasteiger partial charge in [0.15, 0.2) is 0 Å². The number of halogens is 2. The third-order valence-electron chi connectivity index (χ3n) is 1.74. The number of alkyl halides is 2. The van der Waals surface area contributed by atoms with Gasteiger partial charge in [-0.25, -0.2) is 8.78 Å². The number of ether oxygens (including phenoxy) is 1. The van der Waals surface area contributed by atoms with Crippen LogP contribution in [0.2, 0.25) is 0 Å². The SMILES string of the molecule is CCOc1cccc(C(F)F)c1NN. The highest BCUT2D eigenvalue weighted by Gasteiger charge is 2.15. The van der Waals surface area contributed by atoms with E-state index >= 15 is 0 Å². The van der Waals surface area contributed by atoms with Crippen molar-refractivity contribution in [3.63, 3.8) is 0 Å². The first-order valence-corrected chi connectivity index (χ1v) is 4.21. The van der Waals surface area contributed by atoms with E-state index in [1.807, 2.05) is 0 Å². The molecule has 0 unspecified atom stereocenters. The van der Waals surface area contributed by atoms with E-state index < -0.39 is 6.43 Å². The summed E-state index contributed by atoms with van der Waals surface area (Å²) < 4.78 is 30.1. The van der Waals surface area contributed by atoms with Crippen LogP contribution in [-0.4, -0.2) is 6.61 Å². The summed E-state index contributed by atoms with van der Waals surface area (Å²) in [7, 11) is 0. The average Bonchev–Trinajstić information content (AvgIpc) is 2.18. The summed E-state index contributed by atoms with van der Waals surface area (Å²) in [6.45, 7) is 2.18. The Hall–Kier alpha value is -1.36. The zero-order valence-corrected chi connectivity index (χ0v) is 7.76. The third-order valence-corrected chi connectivity index (χ3v) is 1.74. The molecule has 3 nitrogen and oxygen atoms in total. The monoisotopic (exact) mass is 202 g/mol. The maximum atomic E-state index is 12.5. The van der Waals surface area contributed by atoms with Gasteiger partial charge in [-0.15, -0.1) is 0 Å². The Balaban J connectivity index is 3.11. The number of nitrogen functional groups attached to an aromatic ring is 1. The molecule has 0 amide bonds. The quantitative estimate of drug-likeness (QED) is 0.581. The molecule has 0 heterocycles. The summed E-state index contributed by atoms with van der Waals surface area (Å²) in [5.74, 6) is 5.50. The largest absolute Gasteiger partial charge is 0.492 e. The van der Waals surface area contributed by atoms with Gasteiger partial charge in [-0.2, -0.15) is 0 Å². The predicted octanol–water partition coefficient (Wildman–Crippen LogP) is 2.31. The number of rotatable bonds is 4. The van der Waals surface area contributed by atoms with E-state index in [0.29, 0.717) is 12.4 Å². The first-order valence-electron chi connectivity index (χ1n) is 4.21. The van der Waals surface area contributed by atoms with E-state index in [-0.39, 0.29) is 11.3 Å². The maximum absolute atomic E-state index is 12.5. The summed E-state index contributed by atoms with van der Waals surface area (Å²) in [6.07, 6.45) is -2.57.